The molecule has 3 heteroatoms. The summed E-state index contributed by atoms with van der Waals surface area (Å²) in [7, 11) is 0. The molecule has 0 bridgehead atoms. The second kappa shape index (κ2) is 6.71. The van der Waals surface area contributed by atoms with Gasteiger partial charge in [0.05, 0.1) is 6.61 Å². The summed E-state index contributed by atoms with van der Waals surface area (Å²) in [6.07, 6.45) is 4.72. The van der Waals surface area contributed by atoms with E-state index in [1.165, 1.54) is 17.5 Å². The molecule has 0 radical (unpaired) electrons. The number of nitrogens with zero attached hydrogens (tertiary/aromatic N) is 1. The molecule has 0 atom stereocenters. The van der Waals surface area contributed by atoms with Crippen LogP contribution in [0.3, 0.4) is 0 Å². The summed E-state index contributed by atoms with van der Waals surface area (Å²) in [6, 6.07) is 8.71. The fourth-order valence-corrected chi connectivity index (χ4v) is 2.47. The van der Waals surface area contributed by atoms with Crippen molar-refractivity contribution in [2.75, 3.05) is 13.2 Å². The molecule has 1 saturated carbocycles. The molecule has 2 rings (SSSR count). The van der Waals surface area contributed by atoms with Crippen molar-refractivity contribution in [1.29, 1.82) is 0 Å². The van der Waals surface area contributed by atoms with E-state index in [0.717, 1.165) is 19.3 Å². The highest BCUT2D eigenvalue weighted by molar-refractivity contribution is 5.77. The number of aliphatic hydroxyl groups is 1. The minimum atomic E-state index is 0.0623. The maximum atomic E-state index is 12.2. The van der Waals surface area contributed by atoms with Crippen LogP contribution in [0.2, 0.25) is 0 Å². The fourth-order valence-electron chi connectivity index (χ4n) is 2.47. The lowest BCUT2D eigenvalue weighted by Crippen LogP contribution is -2.45. The van der Waals surface area contributed by atoms with Crippen LogP contribution in [0, 0.1) is 6.92 Å². The van der Waals surface area contributed by atoms with Gasteiger partial charge < -0.3 is 10.0 Å². The molecule has 0 aliphatic heterocycles. The summed E-state index contributed by atoms with van der Waals surface area (Å²) in [5.41, 5.74) is 2.45. The van der Waals surface area contributed by atoms with Gasteiger partial charge in [-0.2, -0.15) is 0 Å². The molecule has 1 aromatic rings. The van der Waals surface area contributed by atoms with Gasteiger partial charge in [-0.25, -0.2) is 0 Å². The van der Waals surface area contributed by atoms with E-state index in [9.17, 15) is 4.79 Å². The number of benzene rings is 1. The molecule has 1 aliphatic rings. The predicted octanol–water partition coefficient (Wildman–Crippen LogP) is 2.30. The Bertz CT molecular complexity index is 409. The van der Waals surface area contributed by atoms with Crippen LogP contribution in [-0.4, -0.2) is 35.1 Å². The SMILES string of the molecule is Cc1ccc(CCC(=O)N(CCO)C2CCC2)cc1. The van der Waals surface area contributed by atoms with Gasteiger partial charge in [0.2, 0.25) is 5.91 Å². The first-order valence-corrected chi connectivity index (χ1v) is 7.16. The van der Waals surface area contributed by atoms with Gasteiger partial charge in [0.25, 0.3) is 0 Å². The highest BCUT2D eigenvalue weighted by atomic mass is 16.3. The van der Waals surface area contributed by atoms with E-state index >= 15 is 0 Å². The number of carbonyl (C=O) groups excluding carboxylic acids is 1. The second-order valence-corrected chi connectivity index (χ2v) is 5.38. The summed E-state index contributed by atoms with van der Waals surface area (Å²) < 4.78 is 0. The van der Waals surface area contributed by atoms with E-state index in [2.05, 4.69) is 31.2 Å². The van der Waals surface area contributed by atoms with Gasteiger partial charge in [-0.1, -0.05) is 29.8 Å². The first kappa shape index (κ1) is 14.1. The van der Waals surface area contributed by atoms with Gasteiger partial charge in [-0.05, 0) is 38.2 Å². The third-order valence-electron chi connectivity index (χ3n) is 3.92. The molecule has 1 fully saturated rings. The van der Waals surface area contributed by atoms with E-state index in [1.54, 1.807) is 0 Å². The van der Waals surface area contributed by atoms with Gasteiger partial charge in [0.1, 0.15) is 0 Å². The molecule has 19 heavy (non-hydrogen) atoms. The number of rotatable bonds is 6. The standard InChI is InChI=1S/C16H23NO2/c1-13-5-7-14(8-6-13)9-10-16(19)17(11-12-18)15-3-2-4-15/h5-8,15,18H,2-4,9-12H2,1H3. The van der Waals surface area contributed by atoms with Crippen LogP contribution in [0.25, 0.3) is 0 Å². The van der Waals surface area contributed by atoms with Crippen molar-refractivity contribution in [1.82, 2.24) is 4.90 Å². The molecular weight excluding hydrogens is 238 g/mol. The van der Waals surface area contributed by atoms with Crippen molar-refractivity contribution in [2.24, 2.45) is 0 Å². The van der Waals surface area contributed by atoms with E-state index in [0.29, 0.717) is 19.0 Å². The summed E-state index contributed by atoms with van der Waals surface area (Å²) in [4.78, 5) is 14.1. The molecule has 1 N–H and O–H groups in total. The monoisotopic (exact) mass is 261 g/mol. The van der Waals surface area contributed by atoms with Gasteiger partial charge in [0, 0.05) is 19.0 Å². The zero-order valence-electron chi connectivity index (χ0n) is 11.6. The Kier molecular flexibility index (Phi) is 4.97. The fraction of sp³-hybridized carbons (Fsp3) is 0.562. The zero-order chi connectivity index (χ0) is 13.7. The van der Waals surface area contributed by atoms with Crippen molar-refractivity contribution in [3.05, 3.63) is 35.4 Å². The first-order valence-electron chi connectivity index (χ1n) is 7.16. The Hall–Kier alpha value is -1.35. The molecule has 104 valence electrons. The number of hydrogen-bond acceptors (Lipinski definition) is 2. The maximum absolute atomic E-state index is 12.2. The summed E-state index contributed by atoms with van der Waals surface area (Å²) in [6.45, 7) is 2.61. The van der Waals surface area contributed by atoms with Crippen LogP contribution in [0.5, 0.6) is 0 Å². The van der Waals surface area contributed by atoms with Crippen molar-refractivity contribution in [2.45, 2.75) is 45.1 Å². The van der Waals surface area contributed by atoms with Gasteiger partial charge in [0.15, 0.2) is 0 Å². The molecule has 1 amide bonds. The van der Waals surface area contributed by atoms with Crippen LogP contribution in [0.1, 0.15) is 36.8 Å². The Morgan fingerprint density at radius 3 is 2.53 bits per heavy atom. The van der Waals surface area contributed by atoms with E-state index in [1.807, 2.05) is 4.90 Å². The summed E-state index contributed by atoms with van der Waals surface area (Å²) in [5.74, 6) is 0.180. The van der Waals surface area contributed by atoms with E-state index < -0.39 is 0 Å². The number of carbonyl (C=O) groups is 1. The first-order chi connectivity index (χ1) is 9.20. The minimum Gasteiger partial charge on any atom is -0.395 e. The van der Waals surface area contributed by atoms with Crippen molar-refractivity contribution in [3.63, 3.8) is 0 Å². The number of hydrogen-bond donors (Lipinski definition) is 1. The Morgan fingerprint density at radius 2 is 2.00 bits per heavy atom. The summed E-state index contributed by atoms with van der Waals surface area (Å²) in [5, 5.41) is 9.08. The van der Waals surface area contributed by atoms with Gasteiger partial charge in [-0.3, -0.25) is 4.79 Å². The molecule has 3 nitrogen and oxygen atoms in total. The van der Waals surface area contributed by atoms with Crippen LogP contribution < -0.4 is 0 Å². The molecule has 0 heterocycles. The number of aryl methyl sites for hydroxylation is 2. The molecule has 1 aliphatic carbocycles. The molecule has 1 aromatic carbocycles. The molecule has 0 aromatic heterocycles. The predicted molar refractivity (Wildman–Crippen MR) is 75.9 cm³/mol. The molecular formula is C16H23NO2. The smallest absolute Gasteiger partial charge is 0.223 e. The van der Waals surface area contributed by atoms with Crippen LogP contribution >= 0.6 is 0 Å². The maximum Gasteiger partial charge on any atom is 0.223 e. The quantitative estimate of drug-likeness (QED) is 0.853. The zero-order valence-corrected chi connectivity index (χ0v) is 11.6. The van der Waals surface area contributed by atoms with Crippen LogP contribution in [-0.2, 0) is 11.2 Å². The lowest BCUT2D eigenvalue weighted by atomic mass is 9.91. The number of aliphatic hydroxyl groups excluding tert-OH is 1. The third kappa shape index (κ3) is 3.80. The Labute approximate surface area is 115 Å². The van der Waals surface area contributed by atoms with E-state index in [4.69, 9.17) is 5.11 Å². The van der Waals surface area contributed by atoms with Gasteiger partial charge in [-0.15, -0.1) is 0 Å². The minimum absolute atomic E-state index is 0.0623. The van der Waals surface area contributed by atoms with Crippen LogP contribution in [0.15, 0.2) is 24.3 Å². The molecule has 0 unspecified atom stereocenters. The topological polar surface area (TPSA) is 40.5 Å². The van der Waals surface area contributed by atoms with Gasteiger partial charge >= 0.3 is 0 Å². The Balaban J connectivity index is 1.86. The average molecular weight is 261 g/mol. The molecule has 0 spiro atoms. The Morgan fingerprint density at radius 1 is 1.32 bits per heavy atom. The third-order valence-corrected chi connectivity index (χ3v) is 3.92. The summed E-state index contributed by atoms with van der Waals surface area (Å²) >= 11 is 0. The van der Waals surface area contributed by atoms with Crippen molar-refractivity contribution >= 4 is 5.91 Å². The van der Waals surface area contributed by atoms with E-state index in [-0.39, 0.29) is 12.5 Å². The highest BCUT2D eigenvalue weighted by Gasteiger charge is 2.27. The lowest BCUT2D eigenvalue weighted by molar-refractivity contribution is -0.135. The van der Waals surface area contributed by atoms with Crippen molar-refractivity contribution in [3.8, 4) is 0 Å². The second-order valence-electron chi connectivity index (χ2n) is 5.38. The molecule has 0 saturated heterocycles. The number of amides is 1. The van der Waals surface area contributed by atoms with Crippen molar-refractivity contribution < 1.29 is 9.90 Å². The largest absolute Gasteiger partial charge is 0.395 e. The highest BCUT2D eigenvalue weighted by Crippen LogP contribution is 2.25. The normalized spacial score (nSPS) is 15.1. The average Bonchev–Trinajstić information content (AvgIpc) is 2.35. The lowest BCUT2D eigenvalue weighted by Gasteiger charge is -2.37. The van der Waals surface area contributed by atoms with Crippen LogP contribution in [0.4, 0.5) is 0 Å².